The fourth-order valence-electron chi connectivity index (χ4n) is 0.918. The van der Waals surface area contributed by atoms with Crippen LogP contribution in [0.3, 0.4) is 0 Å². The number of pyridine rings is 1. The second-order valence-electron chi connectivity index (χ2n) is 2.09. The minimum atomic E-state index is -0.207. The van der Waals surface area contributed by atoms with Gasteiger partial charge in [-0.3, -0.25) is 4.79 Å². The summed E-state index contributed by atoms with van der Waals surface area (Å²) in [7, 11) is 0. The minimum Gasteiger partial charge on any atom is -0.340 e. The van der Waals surface area contributed by atoms with Gasteiger partial charge in [-0.25, -0.2) is 4.98 Å². The first-order chi connectivity index (χ1) is 5.29. The number of aromatic nitrogens is 3. The van der Waals surface area contributed by atoms with Crippen molar-refractivity contribution in [2.75, 3.05) is 0 Å². The summed E-state index contributed by atoms with van der Waals surface area (Å²) in [4.78, 5) is 20.0. The first kappa shape index (κ1) is 6.42. The highest BCUT2D eigenvalue weighted by Gasteiger charge is 2.03. The van der Waals surface area contributed by atoms with Crippen LogP contribution in [0.5, 0.6) is 0 Å². The highest BCUT2D eigenvalue weighted by atomic mass is 35.5. The molecule has 0 saturated carbocycles. The minimum absolute atomic E-state index is 0.207. The number of H-pyrrole nitrogens is 2. The number of aromatic amines is 2. The number of rotatable bonds is 0. The number of imidazole rings is 1. The predicted molar refractivity (Wildman–Crippen MR) is 41.7 cm³/mol. The van der Waals surface area contributed by atoms with E-state index >= 15 is 0 Å². The molecule has 2 rings (SSSR count). The lowest BCUT2D eigenvalue weighted by atomic mass is 10.4. The number of nitrogens with one attached hydrogen (secondary N) is 2. The molecule has 0 aliphatic rings. The summed E-state index contributed by atoms with van der Waals surface area (Å²) in [6.45, 7) is 0. The van der Waals surface area contributed by atoms with Crippen molar-refractivity contribution >= 4 is 22.6 Å². The van der Waals surface area contributed by atoms with Crippen molar-refractivity contribution in [1.29, 1.82) is 0 Å². The Morgan fingerprint density at radius 1 is 1.45 bits per heavy atom. The molecule has 2 N–H and O–H groups in total. The lowest BCUT2D eigenvalue weighted by molar-refractivity contribution is 1.25. The smallest absolute Gasteiger partial charge is 0.274 e. The molecular formula is C6H4ClN3O. The quantitative estimate of drug-likeness (QED) is 0.616. The Kier molecular flexibility index (Phi) is 1.22. The van der Waals surface area contributed by atoms with Crippen molar-refractivity contribution in [3.63, 3.8) is 0 Å². The summed E-state index contributed by atoms with van der Waals surface area (Å²) in [5.41, 5.74) is 0.717. The first-order valence-electron chi connectivity index (χ1n) is 2.99. The average Bonchev–Trinajstić information content (AvgIpc) is 2.45. The Morgan fingerprint density at radius 2 is 2.27 bits per heavy atom. The van der Waals surface area contributed by atoms with Gasteiger partial charge < -0.3 is 9.97 Å². The fourth-order valence-corrected chi connectivity index (χ4v) is 1.12. The van der Waals surface area contributed by atoms with Gasteiger partial charge in [-0.2, -0.15) is 0 Å². The van der Waals surface area contributed by atoms with E-state index in [0.717, 1.165) is 0 Å². The van der Waals surface area contributed by atoms with E-state index in [0.29, 0.717) is 16.1 Å². The van der Waals surface area contributed by atoms with E-state index in [1.54, 1.807) is 0 Å². The van der Waals surface area contributed by atoms with Crippen LogP contribution in [0.2, 0.25) is 5.02 Å². The molecule has 0 bridgehead atoms. The van der Waals surface area contributed by atoms with Gasteiger partial charge in [0.25, 0.3) is 5.56 Å². The van der Waals surface area contributed by atoms with Crippen molar-refractivity contribution in [3.8, 4) is 0 Å². The lowest BCUT2D eigenvalue weighted by Crippen LogP contribution is -2.04. The Bertz CT molecular complexity index is 444. The van der Waals surface area contributed by atoms with Crippen LogP contribution in [0, 0.1) is 0 Å². The van der Waals surface area contributed by atoms with E-state index in [2.05, 4.69) is 15.0 Å². The van der Waals surface area contributed by atoms with Crippen molar-refractivity contribution in [1.82, 2.24) is 15.0 Å². The van der Waals surface area contributed by atoms with Crippen molar-refractivity contribution in [2.45, 2.75) is 0 Å². The van der Waals surface area contributed by atoms with Crippen LogP contribution in [-0.4, -0.2) is 15.0 Å². The second-order valence-corrected chi connectivity index (χ2v) is 2.50. The van der Waals surface area contributed by atoms with Gasteiger partial charge in [0.1, 0.15) is 11.0 Å². The van der Waals surface area contributed by atoms with Crippen LogP contribution in [-0.2, 0) is 0 Å². The molecule has 2 heterocycles. The normalized spacial score (nSPS) is 10.6. The van der Waals surface area contributed by atoms with Gasteiger partial charge in [-0.05, 0) is 0 Å². The van der Waals surface area contributed by atoms with Crippen LogP contribution in [0.4, 0.5) is 0 Å². The number of nitrogens with zero attached hydrogens (tertiary/aromatic N) is 1. The topological polar surface area (TPSA) is 61.5 Å². The molecule has 4 nitrogen and oxygen atoms in total. The van der Waals surface area contributed by atoms with Crippen molar-refractivity contribution in [2.24, 2.45) is 0 Å². The van der Waals surface area contributed by atoms with Gasteiger partial charge in [0.15, 0.2) is 0 Å². The molecule has 0 atom stereocenters. The van der Waals surface area contributed by atoms with E-state index in [9.17, 15) is 4.79 Å². The molecule has 0 radical (unpaired) electrons. The van der Waals surface area contributed by atoms with Crippen molar-refractivity contribution in [3.05, 3.63) is 27.9 Å². The summed E-state index contributed by atoms with van der Waals surface area (Å²) in [5, 5.41) is 0.445. The molecule has 11 heavy (non-hydrogen) atoms. The molecule has 5 heteroatoms. The monoisotopic (exact) mass is 169 g/mol. The molecule has 2 aromatic heterocycles. The van der Waals surface area contributed by atoms with Gasteiger partial charge in [0.05, 0.1) is 11.3 Å². The molecule has 0 aliphatic heterocycles. The predicted octanol–water partition coefficient (Wildman–Crippen LogP) is 0.905. The van der Waals surface area contributed by atoms with E-state index in [4.69, 9.17) is 11.6 Å². The Labute approximate surface area is 66.2 Å². The highest BCUT2D eigenvalue weighted by Crippen LogP contribution is 2.14. The summed E-state index contributed by atoms with van der Waals surface area (Å²) in [6, 6.07) is 0. The number of halogens is 1. The Morgan fingerprint density at radius 3 is 3.00 bits per heavy atom. The molecular weight excluding hydrogens is 166 g/mol. The molecule has 0 aromatic carbocycles. The van der Waals surface area contributed by atoms with Gasteiger partial charge in [-0.1, -0.05) is 11.6 Å². The summed E-state index contributed by atoms with van der Waals surface area (Å²) >= 11 is 5.72. The van der Waals surface area contributed by atoms with E-state index in [1.807, 2.05) is 0 Å². The zero-order valence-corrected chi connectivity index (χ0v) is 6.14. The van der Waals surface area contributed by atoms with Crippen LogP contribution < -0.4 is 5.56 Å². The zero-order valence-electron chi connectivity index (χ0n) is 5.39. The molecule has 0 fully saturated rings. The first-order valence-corrected chi connectivity index (χ1v) is 3.37. The standard InChI is InChI=1S/C6H4ClN3O/c7-3-1-8-6(11)5-4(3)9-2-10-5/h1-2H,(H,8,11)(H,9,10). The third-order valence-electron chi connectivity index (χ3n) is 1.42. The van der Waals surface area contributed by atoms with E-state index in [-0.39, 0.29) is 5.56 Å². The van der Waals surface area contributed by atoms with Crippen molar-refractivity contribution < 1.29 is 0 Å². The van der Waals surface area contributed by atoms with Crippen LogP contribution in [0.25, 0.3) is 11.0 Å². The molecule has 0 unspecified atom stereocenters. The van der Waals surface area contributed by atoms with Crippen LogP contribution >= 0.6 is 11.6 Å². The molecule has 56 valence electrons. The lowest BCUT2D eigenvalue weighted by Gasteiger charge is -1.88. The third-order valence-corrected chi connectivity index (χ3v) is 1.71. The van der Waals surface area contributed by atoms with Gasteiger partial charge in [0, 0.05) is 6.20 Å². The zero-order chi connectivity index (χ0) is 7.84. The average molecular weight is 170 g/mol. The summed E-state index contributed by atoms with van der Waals surface area (Å²) < 4.78 is 0. The molecule has 0 aliphatic carbocycles. The number of hydrogen-bond donors (Lipinski definition) is 2. The number of fused-ring (bicyclic) bond motifs is 1. The van der Waals surface area contributed by atoms with Gasteiger partial charge in [0.2, 0.25) is 0 Å². The molecule has 0 amide bonds. The third kappa shape index (κ3) is 0.832. The fraction of sp³-hybridized carbons (Fsp3) is 0. The maximum atomic E-state index is 11.0. The Balaban J connectivity index is 3.08. The second kappa shape index (κ2) is 2.10. The Hall–Kier alpha value is -1.29. The SMILES string of the molecule is O=c1[nH]cc(Cl)c2nc[nH]c12. The number of hydrogen-bond acceptors (Lipinski definition) is 2. The molecule has 0 saturated heterocycles. The van der Waals surface area contributed by atoms with E-state index in [1.165, 1.54) is 12.5 Å². The highest BCUT2D eigenvalue weighted by molar-refractivity contribution is 6.34. The summed E-state index contributed by atoms with van der Waals surface area (Å²) in [6.07, 6.45) is 2.86. The maximum absolute atomic E-state index is 11.0. The van der Waals surface area contributed by atoms with Gasteiger partial charge in [-0.15, -0.1) is 0 Å². The largest absolute Gasteiger partial charge is 0.340 e. The maximum Gasteiger partial charge on any atom is 0.274 e. The molecule has 0 spiro atoms. The van der Waals surface area contributed by atoms with E-state index < -0.39 is 0 Å². The summed E-state index contributed by atoms with van der Waals surface area (Å²) in [5.74, 6) is 0. The molecule has 2 aromatic rings. The van der Waals surface area contributed by atoms with Crippen LogP contribution in [0.15, 0.2) is 17.3 Å². The van der Waals surface area contributed by atoms with Crippen LogP contribution in [0.1, 0.15) is 0 Å². The van der Waals surface area contributed by atoms with Gasteiger partial charge >= 0.3 is 0 Å².